The van der Waals surface area contributed by atoms with Gasteiger partial charge in [-0.15, -0.1) is 10.2 Å². The molecule has 15 heteroatoms. The van der Waals surface area contributed by atoms with Crippen LogP contribution in [0.15, 0.2) is 79.0 Å². The van der Waals surface area contributed by atoms with Gasteiger partial charge < -0.3 is 34.8 Å². The molecular weight excluding hydrogens is 790 g/mol. The number of anilines is 3. The molecule has 2 atom stereocenters. The molecule has 14 nitrogen and oxygen atoms in total. The van der Waals surface area contributed by atoms with Crippen molar-refractivity contribution in [2.75, 3.05) is 75.0 Å². The Hall–Kier alpha value is -6.06. The smallest absolute Gasteiger partial charge is 0.328 e. The molecule has 0 bridgehead atoms. The van der Waals surface area contributed by atoms with E-state index < -0.39 is 11.7 Å². The fourth-order valence-electron chi connectivity index (χ4n) is 9.93. The number of phenols is 1. The van der Waals surface area contributed by atoms with E-state index in [-0.39, 0.29) is 42.0 Å². The van der Waals surface area contributed by atoms with Gasteiger partial charge in [0, 0.05) is 125 Å². The van der Waals surface area contributed by atoms with E-state index in [4.69, 9.17) is 10.5 Å². The Kier molecular flexibility index (Phi) is 11.3. The van der Waals surface area contributed by atoms with Crippen molar-refractivity contribution in [1.29, 1.82) is 0 Å². The molecule has 2 aromatic heterocycles. The van der Waals surface area contributed by atoms with Gasteiger partial charge in [-0.1, -0.05) is 24.3 Å². The van der Waals surface area contributed by atoms with Crippen LogP contribution >= 0.6 is 0 Å². The lowest BCUT2D eigenvalue weighted by molar-refractivity contribution is -0.120. The number of benzene rings is 3. The topological polar surface area (TPSA) is 162 Å². The molecule has 4 saturated heterocycles. The minimum atomic E-state index is -1.35. The summed E-state index contributed by atoms with van der Waals surface area (Å²) in [5.41, 5.74) is 11.5. The van der Waals surface area contributed by atoms with Gasteiger partial charge in [-0.2, -0.15) is 0 Å². The first-order chi connectivity index (χ1) is 29.9. The number of imide groups is 1. The molecule has 4 aliphatic heterocycles. The molecule has 0 spiro atoms. The van der Waals surface area contributed by atoms with E-state index in [2.05, 4.69) is 49.1 Å². The van der Waals surface area contributed by atoms with Gasteiger partial charge in [0.15, 0.2) is 5.82 Å². The molecule has 4 N–H and O–H groups in total. The van der Waals surface area contributed by atoms with Gasteiger partial charge in [-0.25, -0.2) is 9.18 Å². The van der Waals surface area contributed by atoms with Gasteiger partial charge in [0.1, 0.15) is 11.4 Å². The minimum absolute atomic E-state index is 0.0664. The van der Waals surface area contributed by atoms with Gasteiger partial charge >= 0.3 is 6.03 Å². The Bertz CT molecular complexity index is 2480. The number of nitrogens with one attached hydrogen (secondary N) is 1. The zero-order valence-electron chi connectivity index (χ0n) is 35.3. The van der Waals surface area contributed by atoms with Crippen molar-refractivity contribution in [3.05, 3.63) is 95.7 Å². The number of nitrogen functional groups attached to an aromatic ring is 1. The molecule has 4 amide bonds. The Labute approximate surface area is 360 Å². The van der Waals surface area contributed by atoms with Crippen LogP contribution in [0.25, 0.3) is 22.2 Å². The van der Waals surface area contributed by atoms with Crippen LogP contribution in [0, 0.1) is 6.92 Å². The standard InChI is InChI=1S/C47H54FN9O5/c1-30-26-57(40-12-11-35(24-38(30)40)56-20-15-43(59)50-46(56)61)34-13-18-53(19-14-34)29-47(48)16-21-54(22-17-47)45(60)32-9-7-31(8-10-32)33-23-36(62-2)28-55(27-33)41-25-39(51-52-44(41)49)37-5-3-4-6-42(37)58/h3-12,24-26,33-34,36,58H,13-23,27-29H2,1-2H3,(H2,49,52)(H,50,59,61)/t33-,36?/m0/s1. The van der Waals surface area contributed by atoms with E-state index in [1.807, 2.05) is 48.5 Å². The molecule has 6 heterocycles. The lowest BCUT2D eigenvalue weighted by Gasteiger charge is -2.41. The molecule has 324 valence electrons. The van der Waals surface area contributed by atoms with Crippen LogP contribution in [-0.4, -0.2) is 119 Å². The summed E-state index contributed by atoms with van der Waals surface area (Å²) in [6.07, 6.45) is 5.60. The highest BCUT2D eigenvalue weighted by Gasteiger charge is 2.39. The van der Waals surface area contributed by atoms with E-state index in [0.717, 1.165) is 65.8 Å². The summed E-state index contributed by atoms with van der Waals surface area (Å²) in [7, 11) is 1.71. The fraction of sp³-hybridized carbons (Fsp3) is 0.426. The SMILES string of the molecule is COC1C[C@H](c2ccc(C(=O)N3CCC(F)(CN4CCC(n5cc(C)c6cc(N7CCC(=O)NC7=O)ccc65)CC4)CC3)cc2)CN(c2cc(-c3ccccc3O)nnc2N)C1. The lowest BCUT2D eigenvalue weighted by Crippen LogP contribution is -2.51. The number of phenolic OH excluding ortho intramolecular Hbond substituents is 1. The van der Waals surface area contributed by atoms with Crippen molar-refractivity contribution in [3.63, 3.8) is 0 Å². The van der Waals surface area contributed by atoms with Gasteiger partial charge in [0.05, 0.1) is 17.5 Å². The van der Waals surface area contributed by atoms with Crippen molar-refractivity contribution < 1.29 is 28.6 Å². The van der Waals surface area contributed by atoms with Crippen molar-refractivity contribution in [2.24, 2.45) is 0 Å². The molecule has 62 heavy (non-hydrogen) atoms. The number of hydrogen-bond acceptors (Lipinski definition) is 10. The second kappa shape index (κ2) is 17.0. The first-order valence-electron chi connectivity index (χ1n) is 21.7. The van der Waals surface area contributed by atoms with Crippen molar-refractivity contribution in [1.82, 2.24) is 29.9 Å². The van der Waals surface area contributed by atoms with Crippen LogP contribution < -0.4 is 20.9 Å². The molecule has 4 fully saturated rings. The number of urea groups is 1. The fourth-order valence-corrected chi connectivity index (χ4v) is 9.93. The molecule has 9 rings (SSSR count). The molecule has 0 radical (unpaired) electrons. The minimum Gasteiger partial charge on any atom is -0.507 e. The van der Waals surface area contributed by atoms with Crippen molar-refractivity contribution in [3.8, 4) is 17.0 Å². The summed E-state index contributed by atoms with van der Waals surface area (Å²) in [5.74, 6) is 0.173. The number of halogens is 1. The summed E-state index contributed by atoms with van der Waals surface area (Å²) < 4.78 is 24.6. The Morgan fingerprint density at radius 3 is 2.45 bits per heavy atom. The number of fused-ring (bicyclic) bond motifs is 1. The number of nitrogens with two attached hydrogens (primary N) is 1. The predicted molar refractivity (Wildman–Crippen MR) is 236 cm³/mol. The third-order valence-corrected chi connectivity index (χ3v) is 13.5. The van der Waals surface area contributed by atoms with E-state index in [9.17, 15) is 19.5 Å². The third-order valence-electron chi connectivity index (χ3n) is 13.5. The number of aromatic hydroxyl groups is 1. The maximum atomic E-state index is 16.4. The van der Waals surface area contributed by atoms with E-state index >= 15 is 4.39 Å². The molecule has 4 aliphatic rings. The number of amides is 4. The van der Waals surface area contributed by atoms with E-state index in [0.29, 0.717) is 74.7 Å². The average molecular weight is 844 g/mol. The van der Waals surface area contributed by atoms with Crippen LogP contribution in [0.3, 0.4) is 0 Å². The number of aryl methyl sites for hydroxylation is 1. The van der Waals surface area contributed by atoms with Crippen LogP contribution in [0.1, 0.15) is 72.0 Å². The maximum absolute atomic E-state index is 16.4. The zero-order chi connectivity index (χ0) is 43.1. The summed E-state index contributed by atoms with van der Waals surface area (Å²) in [4.78, 5) is 45.6. The van der Waals surface area contributed by atoms with Crippen LogP contribution in [0.2, 0.25) is 0 Å². The van der Waals surface area contributed by atoms with Gasteiger partial charge in [-0.05, 0) is 85.8 Å². The Morgan fingerprint density at radius 1 is 0.968 bits per heavy atom. The Morgan fingerprint density at radius 2 is 1.73 bits per heavy atom. The van der Waals surface area contributed by atoms with Crippen LogP contribution in [0.5, 0.6) is 5.75 Å². The van der Waals surface area contributed by atoms with Crippen LogP contribution in [0.4, 0.5) is 26.4 Å². The van der Waals surface area contributed by atoms with Crippen LogP contribution in [-0.2, 0) is 9.53 Å². The summed E-state index contributed by atoms with van der Waals surface area (Å²) in [6, 6.07) is 22.6. The number of ether oxygens (including phenoxy) is 1. The molecule has 5 aromatic rings. The Balaban J connectivity index is 0.783. The highest BCUT2D eigenvalue weighted by molar-refractivity contribution is 6.06. The first-order valence-corrected chi connectivity index (χ1v) is 21.7. The highest BCUT2D eigenvalue weighted by Crippen LogP contribution is 2.38. The normalized spacial score (nSPS) is 21.4. The predicted octanol–water partition coefficient (Wildman–Crippen LogP) is 6.43. The number of methoxy groups -OCH3 is 1. The summed E-state index contributed by atoms with van der Waals surface area (Å²) >= 11 is 0. The van der Waals surface area contributed by atoms with E-state index in [1.165, 1.54) is 0 Å². The summed E-state index contributed by atoms with van der Waals surface area (Å²) in [5, 5.41) is 22.4. The maximum Gasteiger partial charge on any atom is 0.328 e. The highest BCUT2D eigenvalue weighted by atomic mass is 19.1. The lowest BCUT2D eigenvalue weighted by atomic mass is 9.88. The number of hydrogen-bond donors (Lipinski definition) is 3. The third kappa shape index (κ3) is 8.30. The largest absolute Gasteiger partial charge is 0.507 e. The molecule has 3 aromatic carbocycles. The molecule has 0 aliphatic carbocycles. The number of piperidine rings is 3. The zero-order valence-corrected chi connectivity index (χ0v) is 35.3. The van der Waals surface area contributed by atoms with E-state index in [1.54, 1.807) is 35.1 Å². The van der Waals surface area contributed by atoms with Gasteiger partial charge in [0.25, 0.3) is 5.91 Å². The first kappa shape index (κ1) is 41.3. The molecule has 0 saturated carbocycles. The number of nitrogens with zero attached hydrogens (tertiary/aromatic N) is 7. The number of rotatable bonds is 9. The number of aromatic nitrogens is 3. The number of alkyl halides is 1. The second-order valence-electron chi connectivity index (χ2n) is 17.5. The number of likely N-dealkylation sites (tertiary alicyclic amines) is 2. The molecular formula is C47H54FN9O5. The van der Waals surface area contributed by atoms with Gasteiger partial charge in [0.2, 0.25) is 5.91 Å². The average Bonchev–Trinajstić information content (AvgIpc) is 3.62. The monoisotopic (exact) mass is 843 g/mol. The number of para-hydroxylation sites is 1. The van der Waals surface area contributed by atoms with Crippen molar-refractivity contribution >= 4 is 45.9 Å². The van der Waals surface area contributed by atoms with Crippen molar-refractivity contribution in [2.45, 2.75) is 69.2 Å². The number of carbonyl (C=O) groups is 3. The quantitative estimate of drug-likeness (QED) is 0.151. The summed E-state index contributed by atoms with van der Waals surface area (Å²) in [6.45, 7) is 6.40. The van der Waals surface area contributed by atoms with Gasteiger partial charge in [-0.3, -0.25) is 19.8 Å². The second-order valence-corrected chi connectivity index (χ2v) is 17.5. The number of carbonyl (C=O) groups excluding carboxylic acids is 3. The molecule has 1 unspecified atom stereocenters.